The van der Waals surface area contributed by atoms with Crippen molar-refractivity contribution >= 4 is 23.5 Å². The molecule has 0 saturated heterocycles. The van der Waals surface area contributed by atoms with Crippen LogP contribution in [0.15, 0.2) is 30.5 Å². The van der Waals surface area contributed by atoms with Crippen molar-refractivity contribution in [3.63, 3.8) is 0 Å². The van der Waals surface area contributed by atoms with Gasteiger partial charge in [0.2, 0.25) is 0 Å². The number of amides is 1. The Morgan fingerprint density at radius 2 is 2.04 bits per heavy atom. The monoisotopic (exact) mass is 349 g/mol. The predicted molar refractivity (Wildman–Crippen MR) is 91.5 cm³/mol. The Morgan fingerprint density at radius 1 is 1.33 bits per heavy atom. The van der Waals surface area contributed by atoms with Gasteiger partial charge in [-0.25, -0.2) is 4.68 Å². The van der Waals surface area contributed by atoms with Crippen molar-refractivity contribution in [1.29, 1.82) is 0 Å². The lowest BCUT2D eigenvalue weighted by molar-refractivity contribution is -0.140. The Hall–Kier alpha value is -2.34. The maximum atomic E-state index is 12.5. The van der Waals surface area contributed by atoms with Crippen LogP contribution in [0.25, 0.3) is 5.69 Å². The van der Waals surface area contributed by atoms with E-state index in [-0.39, 0.29) is 18.3 Å². The second kappa shape index (κ2) is 7.97. The van der Waals surface area contributed by atoms with Crippen LogP contribution in [0.1, 0.15) is 28.9 Å². The molecule has 0 unspecified atom stereocenters. The molecule has 1 heterocycles. The largest absolute Gasteiger partial charge is 0.469 e. The smallest absolute Gasteiger partial charge is 0.305 e. The van der Waals surface area contributed by atoms with Crippen molar-refractivity contribution in [2.75, 3.05) is 20.7 Å². The van der Waals surface area contributed by atoms with Crippen LogP contribution in [-0.2, 0) is 9.53 Å². The lowest BCUT2D eigenvalue weighted by Crippen LogP contribution is -2.29. The molecule has 2 aromatic rings. The summed E-state index contributed by atoms with van der Waals surface area (Å²) in [6.45, 7) is 2.28. The van der Waals surface area contributed by atoms with Crippen molar-refractivity contribution in [2.24, 2.45) is 0 Å². The van der Waals surface area contributed by atoms with Crippen LogP contribution in [0.3, 0.4) is 0 Å². The molecule has 0 saturated carbocycles. The molecule has 0 spiro atoms. The van der Waals surface area contributed by atoms with E-state index in [1.54, 1.807) is 28.9 Å². The molecule has 128 valence electrons. The molecule has 7 heteroatoms. The second-order valence-electron chi connectivity index (χ2n) is 5.46. The van der Waals surface area contributed by atoms with Gasteiger partial charge in [0, 0.05) is 31.8 Å². The van der Waals surface area contributed by atoms with Gasteiger partial charge in [-0.15, -0.1) is 0 Å². The van der Waals surface area contributed by atoms with Gasteiger partial charge in [0.25, 0.3) is 5.91 Å². The fourth-order valence-electron chi connectivity index (χ4n) is 2.28. The first-order valence-electron chi connectivity index (χ1n) is 7.57. The summed E-state index contributed by atoms with van der Waals surface area (Å²) in [7, 11) is 3.04. The van der Waals surface area contributed by atoms with E-state index in [1.165, 1.54) is 7.11 Å². The van der Waals surface area contributed by atoms with Gasteiger partial charge in [-0.05, 0) is 25.5 Å². The Kier molecular flexibility index (Phi) is 5.98. The predicted octanol–water partition coefficient (Wildman–Crippen LogP) is 2.86. The molecule has 0 fully saturated rings. The number of nitrogens with zero attached hydrogens (tertiary/aromatic N) is 3. The van der Waals surface area contributed by atoms with E-state index >= 15 is 0 Å². The minimum atomic E-state index is -0.282. The minimum absolute atomic E-state index is 0.192. The topological polar surface area (TPSA) is 64.4 Å². The number of hydrogen-bond donors (Lipinski definition) is 0. The summed E-state index contributed by atoms with van der Waals surface area (Å²) in [6.07, 6.45) is 2.59. The van der Waals surface area contributed by atoms with E-state index < -0.39 is 0 Å². The molecule has 0 N–H and O–H groups in total. The van der Waals surface area contributed by atoms with Crippen molar-refractivity contribution in [3.8, 4) is 5.69 Å². The highest BCUT2D eigenvalue weighted by Gasteiger charge is 2.19. The minimum Gasteiger partial charge on any atom is -0.469 e. The lowest BCUT2D eigenvalue weighted by atomic mass is 10.2. The number of aryl methyl sites for hydroxylation is 1. The van der Waals surface area contributed by atoms with Crippen LogP contribution >= 0.6 is 11.6 Å². The average molecular weight is 350 g/mol. The first-order chi connectivity index (χ1) is 11.4. The number of esters is 1. The summed E-state index contributed by atoms with van der Waals surface area (Å²) in [6, 6.07) is 7.30. The van der Waals surface area contributed by atoms with Crippen LogP contribution in [0.4, 0.5) is 0 Å². The van der Waals surface area contributed by atoms with E-state index in [0.29, 0.717) is 23.7 Å². The molecule has 1 amide bonds. The number of benzene rings is 1. The van der Waals surface area contributed by atoms with Gasteiger partial charge in [0.1, 0.15) is 0 Å². The standard InChI is InChI=1S/C17H20ClN3O3/c1-12-11-21(14-8-5-4-7-13(14)18)19-16(12)17(23)20(2)10-6-9-15(22)24-3/h4-5,7-8,11H,6,9-10H2,1-3H3. The van der Waals surface area contributed by atoms with E-state index in [4.69, 9.17) is 11.6 Å². The maximum absolute atomic E-state index is 12.5. The summed E-state index contributed by atoms with van der Waals surface area (Å²) in [4.78, 5) is 25.2. The molecule has 0 bridgehead atoms. The summed E-state index contributed by atoms with van der Waals surface area (Å²) in [5.41, 5.74) is 1.85. The first kappa shape index (κ1) is 18.0. The van der Waals surface area contributed by atoms with Gasteiger partial charge in [-0.3, -0.25) is 9.59 Å². The summed E-state index contributed by atoms with van der Waals surface area (Å²) in [5, 5.41) is 4.93. The summed E-state index contributed by atoms with van der Waals surface area (Å²) < 4.78 is 6.19. The molecule has 1 aromatic carbocycles. The molecule has 0 aliphatic carbocycles. The molecule has 1 aromatic heterocycles. The highest BCUT2D eigenvalue weighted by Crippen LogP contribution is 2.21. The number of halogens is 1. The lowest BCUT2D eigenvalue weighted by Gasteiger charge is -2.15. The van der Waals surface area contributed by atoms with Crippen LogP contribution in [0.2, 0.25) is 5.02 Å². The summed E-state index contributed by atoms with van der Waals surface area (Å²) in [5.74, 6) is -0.474. The zero-order valence-corrected chi connectivity index (χ0v) is 14.7. The maximum Gasteiger partial charge on any atom is 0.305 e. The number of para-hydroxylation sites is 1. The van der Waals surface area contributed by atoms with Crippen molar-refractivity contribution in [2.45, 2.75) is 19.8 Å². The normalized spacial score (nSPS) is 10.5. The first-order valence-corrected chi connectivity index (χ1v) is 7.95. The van der Waals surface area contributed by atoms with E-state index in [0.717, 1.165) is 11.3 Å². The third kappa shape index (κ3) is 4.14. The Balaban J connectivity index is 2.10. The zero-order chi connectivity index (χ0) is 17.7. The van der Waals surface area contributed by atoms with Gasteiger partial charge < -0.3 is 9.64 Å². The number of carbonyl (C=O) groups excluding carboxylic acids is 2. The van der Waals surface area contributed by atoms with Crippen LogP contribution < -0.4 is 0 Å². The van der Waals surface area contributed by atoms with Crippen molar-refractivity contribution < 1.29 is 14.3 Å². The highest BCUT2D eigenvalue weighted by atomic mass is 35.5. The van der Waals surface area contributed by atoms with Gasteiger partial charge in [-0.1, -0.05) is 23.7 Å². The van der Waals surface area contributed by atoms with E-state index in [2.05, 4.69) is 9.84 Å². The van der Waals surface area contributed by atoms with Gasteiger partial charge in [0.05, 0.1) is 17.8 Å². The number of hydrogen-bond acceptors (Lipinski definition) is 4. The average Bonchev–Trinajstić information content (AvgIpc) is 2.95. The number of carbonyl (C=O) groups is 2. The van der Waals surface area contributed by atoms with Crippen LogP contribution in [0, 0.1) is 6.92 Å². The highest BCUT2D eigenvalue weighted by molar-refractivity contribution is 6.32. The van der Waals surface area contributed by atoms with Crippen molar-refractivity contribution in [1.82, 2.24) is 14.7 Å². The molecule has 0 atom stereocenters. The Labute approximate surface area is 146 Å². The molecule has 0 aliphatic rings. The Morgan fingerprint density at radius 3 is 2.71 bits per heavy atom. The molecular weight excluding hydrogens is 330 g/mol. The summed E-state index contributed by atoms with van der Waals surface area (Å²) >= 11 is 6.17. The molecule has 0 radical (unpaired) electrons. The molecule has 6 nitrogen and oxygen atoms in total. The third-order valence-corrected chi connectivity index (χ3v) is 3.97. The van der Waals surface area contributed by atoms with E-state index in [9.17, 15) is 9.59 Å². The number of ether oxygens (including phenoxy) is 1. The number of aromatic nitrogens is 2. The molecule has 0 aliphatic heterocycles. The molecule has 24 heavy (non-hydrogen) atoms. The second-order valence-corrected chi connectivity index (χ2v) is 5.87. The Bertz CT molecular complexity index is 742. The number of methoxy groups -OCH3 is 1. The molecular formula is C17H20ClN3O3. The fourth-order valence-corrected chi connectivity index (χ4v) is 2.50. The van der Waals surface area contributed by atoms with Gasteiger partial charge >= 0.3 is 5.97 Å². The quantitative estimate of drug-likeness (QED) is 0.752. The van der Waals surface area contributed by atoms with Crippen LogP contribution in [0.5, 0.6) is 0 Å². The number of rotatable bonds is 6. The van der Waals surface area contributed by atoms with E-state index in [1.807, 2.05) is 25.1 Å². The van der Waals surface area contributed by atoms with Gasteiger partial charge in [0.15, 0.2) is 5.69 Å². The molecule has 2 rings (SSSR count). The third-order valence-electron chi connectivity index (χ3n) is 3.65. The fraction of sp³-hybridized carbons (Fsp3) is 0.353. The van der Waals surface area contributed by atoms with Crippen molar-refractivity contribution in [3.05, 3.63) is 46.7 Å². The van der Waals surface area contributed by atoms with Crippen LogP contribution in [-0.4, -0.2) is 47.3 Å². The van der Waals surface area contributed by atoms with Gasteiger partial charge in [-0.2, -0.15) is 5.10 Å². The zero-order valence-electron chi connectivity index (χ0n) is 14.0. The SMILES string of the molecule is COC(=O)CCCN(C)C(=O)c1nn(-c2ccccc2Cl)cc1C.